The Kier molecular flexibility index (Phi) is 2.82. The summed E-state index contributed by atoms with van der Waals surface area (Å²) in [7, 11) is -2.44. The molecule has 0 heterocycles. The van der Waals surface area contributed by atoms with Crippen molar-refractivity contribution in [3.05, 3.63) is 0 Å². The van der Waals surface area contributed by atoms with E-state index in [0.717, 1.165) is 0 Å². The Morgan fingerprint density at radius 1 is 1.30 bits per heavy atom. The maximum Gasteiger partial charge on any atom is 0.349 e. The van der Waals surface area contributed by atoms with Crippen LogP contribution in [0, 0.1) is 0 Å². The van der Waals surface area contributed by atoms with E-state index in [0.29, 0.717) is 0 Å². The topological polar surface area (TPSA) is 0 Å². The molecular formula is C5H10ClF3Si. The highest BCUT2D eigenvalue weighted by Crippen LogP contribution is 2.32. The molecule has 0 amide bonds. The monoisotopic (exact) mass is 190 g/mol. The van der Waals surface area contributed by atoms with Crippen LogP contribution in [0.25, 0.3) is 0 Å². The van der Waals surface area contributed by atoms with E-state index in [2.05, 4.69) is 11.6 Å². The first-order valence-corrected chi connectivity index (χ1v) is 6.82. The molecule has 0 spiro atoms. The number of halogens is 4. The zero-order valence-corrected chi connectivity index (χ0v) is 7.85. The van der Waals surface area contributed by atoms with E-state index in [1.165, 1.54) is 19.6 Å². The van der Waals surface area contributed by atoms with Crippen LogP contribution in [0.4, 0.5) is 13.2 Å². The third kappa shape index (κ3) is 2.92. The number of hydrogen-bond acceptors (Lipinski definition) is 0. The van der Waals surface area contributed by atoms with Crippen molar-refractivity contribution >= 4 is 19.7 Å². The van der Waals surface area contributed by atoms with Gasteiger partial charge in [-0.25, -0.2) is 4.39 Å². The molecule has 0 aromatic heterocycles. The maximum atomic E-state index is 12.6. The summed E-state index contributed by atoms with van der Waals surface area (Å²) < 4.78 is 36.7. The molecule has 0 nitrogen and oxygen atoms in total. The van der Waals surface area contributed by atoms with E-state index in [9.17, 15) is 13.2 Å². The molecule has 0 saturated carbocycles. The van der Waals surface area contributed by atoms with Crippen LogP contribution in [-0.4, -0.2) is 19.3 Å². The molecule has 0 N–H and O–H groups in total. The summed E-state index contributed by atoms with van der Waals surface area (Å²) in [6.07, 6.45) is 0. The van der Waals surface area contributed by atoms with Crippen LogP contribution in [0.15, 0.2) is 0 Å². The molecule has 5 heteroatoms. The average Bonchev–Trinajstić information content (AvgIpc) is 1.59. The Hall–Kier alpha value is 0.297. The Morgan fingerprint density at radius 3 is 1.60 bits per heavy atom. The van der Waals surface area contributed by atoms with E-state index < -0.39 is 19.3 Å². The molecule has 1 unspecified atom stereocenters. The Bertz CT molecular complexity index is 101. The lowest BCUT2D eigenvalue weighted by molar-refractivity contribution is 0.0399. The highest BCUT2D eigenvalue weighted by molar-refractivity contribution is 6.78. The second-order valence-corrected chi connectivity index (χ2v) is 9.01. The molecule has 0 bridgehead atoms. The lowest BCUT2D eigenvalue weighted by Gasteiger charge is -2.24. The molecule has 0 radical (unpaired) electrons. The zero-order valence-electron chi connectivity index (χ0n) is 6.09. The molecule has 0 rings (SSSR count). The van der Waals surface area contributed by atoms with Gasteiger partial charge in [0.1, 0.15) is 0 Å². The summed E-state index contributed by atoms with van der Waals surface area (Å²) in [5, 5.41) is -3.69. The van der Waals surface area contributed by atoms with Crippen molar-refractivity contribution in [2.24, 2.45) is 0 Å². The predicted octanol–water partition coefficient (Wildman–Crippen LogP) is 3.03. The molecule has 0 fully saturated rings. The van der Waals surface area contributed by atoms with Crippen LogP contribution in [0.1, 0.15) is 0 Å². The van der Waals surface area contributed by atoms with Gasteiger partial charge in [0.25, 0.3) is 0 Å². The highest BCUT2D eigenvalue weighted by Gasteiger charge is 2.46. The van der Waals surface area contributed by atoms with Gasteiger partial charge in [0.2, 0.25) is 0 Å². The summed E-state index contributed by atoms with van der Waals surface area (Å²) in [5.41, 5.74) is 0. The van der Waals surface area contributed by atoms with Gasteiger partial charge in [0, 0.05) is 0 Å². The summed E-state index contributed by atoms with van der Waals surface area (Å²) in [6.45, 7) is 4.52. The van der Waals surface area contributed by atoms with E-state index in [1.807, 2.05) is 0 Å². The maximum absolute atomic E-state index is 12.6. The summed E-state index contributed by atoms with van der Waals surface area (Å²) >= 11 is 4.49. The summed E-state index contributed by atoms with van der Waals surface area (Å²) in [4.78, 5) is 0. The fraction of sp³-hybridized carbons (Fsp3) is 1.00. The van der Waals surface area contributed by atoms with Gasteiger partial charge in [-0.3, -0.25) is 0 Å². The first-order valence-electron chi connectivity index (χ1n) is 2.86. The lowest BCUT2D eigenvalue weighted by Crippen LogP contribution is -2.44. The molecule has 10 heavy (non-hydrogen) atoms. The average molecular weight is 191 g/mol. The normalized spacial score (nSPS) is 17.1. The lowest BCUT2D eigenvalue weighted by atomic mass is 10.8. The molecule has 0 saturated heterocycles. The molecule has 0 aromatic rings. The van der Waals surface area contributed by atoms with Gasteiger partial charge in [-0.05, 0) is 11.6 Å². The fourth-order valence-corrected chi connectivity index (χ4v) is 2.45. The molecule has 0 aromatic carbocycles. The van der Waals surface area contributed by atoms with Gasteiger partial charge in [-0.2, -0.15) is 8.78 Å². The van der Waals surface area contributed by atoms with Gasteiger partial charge in [-0.1, -0.05) is 19.6 Å². The SMILES string of the molecule is C[Si](C)(C)C(F)C(F)(F)Cl. The van der Waals surface area contributed by atoms with Crippen molar-refractivity contribution in [3.8, 4) is 0 Å². The van der Waals surface area contributed by atoms with E-state index >= 15 is 0 Å². The predicted molar refractivity (Wildman–Crippen MR) is 39.0 cm³/mol. The summed E-state index contributed by atoms with van der Waals surface area (Å²) in [6, 6.07) is 0. The first-order chi connectivity index (χ1) is 4.15. The van der Waals surface area contributed by atoms with Crippen LogP contribution in [0.5, 0.6) is 0 Å². The highest BCUT2D eigenvalue weighted by atomic mass is 35.5. The van der Waals surface area contributed by atoms with Crippen LogP contribution in [0.2, 0.25) is 19.6 Å². The van der Waals surface area contributed by atoms with Crippen molar-refractivity contribution in [2.45, 2.75) is 30.8 Å². The number of rotatable bonds is 2. The van der Waals surface area contributed by atoms with Crippen LogP contribution in [-0.2, 0) is 0 Å². The van der Waals surface area contributed by atoms with Gasteiger partial charge >= 0.3 is 5.38 Å². The number of hydrogen-bond donors (Lipinski definition) is 0. The second-order valence-electron chi connectivity index (χ2n) is 3.27. The van der Waals surface area contributed by atoms with Crippen molar-refractivity contribution in [1.29, 1.82) is 0 Å². The molecule has 0 aliphatic rings. The van der Waals surface area contributed by atoms with Crippen molar-refractivity contribution < 1.29 is 13.2 Å². The van der Waals surface area contributed by atoms with Crippen molar-refractivity contribution in [1.82, 2.24) is 0 Å². The molecular weight excluding hydrogens is 181 g/mol. The van der Waals surface area contributed by atoms with E-state index in [-0.39, 0.29) is 0 Å². The number of alkyl halides is 4. The Balaban J connectivity index is 4.23. The minimum Gasteiger partial charge on any atom is -0.243 e. The standard InChI is InChI=1S/C5H10ClF3Si/c1-10(2,3)4(7)5(6,8)9/h4H,1-3H3. The van der Waals surface area contributed by atoms with Crippen LogP contribution in [0.3, 0.4) is 0 Å². The van der Waals surface area contributed by atoms with Gasteiger partial charge in [-0.15, -0.1) is 0 Å². The quantitative estimate of drug-likeness (QED) is 0.464. The minimum absolute atomic E-state index is 1.51. The van der Waals surface area contributed by atoms with E-state index in [1.54, 1.807) is 0 Å². The van der Waals surface area contributed by atoms with Crippen molar-refractivity contribution in [3.63, 3.8) is 0 Å². The third-order valence-corrected chi connectivity index (χ3v) is 3.31. The first kappa shape index (κ1) is 10.3. The molecule has 0 aliphatic heterocycles. The smallest absolute Gasteiger partial charge is 0.243 e. The molecule has 1 atom stereocenters. The largest absolute Gasteiger partial charge is 0.349 e. The zero-order chi connectivity index (χ0) is 8.58. The Labute approximate surface area is 64.4 Å². The third-order valence-electron chi connectivity index (χ3n) is 1.05. The van der Waals surface area contributed by atoms with Gasteiger partial charge in [0.15, 0.2) is 5.79 Å². The fourth-order valence-electron chi connectivity index (χ4n) is 0.491. The van der Waals surface area contributed by atoms with Crippen LogP contribution < -0.4 is 0 Å². The van der Waals surface area contributed by atoms with Crippen LogP contribution >= 0.6 is 11.6 Å². The molecule has 0 aliphatic carbocycles. The Morgan fingerprint density at radius 2 is 1.60 bits per heavy atom. The van der Waals surface area contributed by atoms with Crippen molar-refractivity contribution in [2.75, 3.05) is 0 Å². The minimum atomic E-state index is -3.69. The molecule has 62 valence electrons. The second kappa shape index (κ2) is 2.74. The van der Waals surface area contributed by atoms with Gasteiger partial charge in [0.05, 0.1) is 8.07 Å². The van der Waals surface area contributed by atoms with Gasteiger partial charge < -0.3 is 0 Å². The summed E-state index contributed by atoms with van der Waals surface area (Å²) in [5.74, 6) is -2.17. The van der Waals surface area contributed by atoms with E-state index in [4.69, 9.17) is 0 Å².